The Kier molecular flexibility index (Phi) is 6.31. The number of benzene rings is 1. The molecule has 110 valence electrons. The van der Waals surface area contributed by atoms with Crippen molar-refractivity contribution in [1.82, 2.24) is 5.32 Å². The topological polar surface area (TPSA) is 96.9 Å². The Labute approximate surface area is 116 Å². The number of aliphatic hydroxyl groups excluding tert-OH is 1. The van der Waals surface area contributed by atoms with Gasteiger partial charge in [-0.05, 0) is 18.6 Å². The molecule has 0 heterocycles. The summed E-state index contributed by atoms with van der Waals surface area (Å²) in [5, 5.41) is 13.4. The average Bonchev–Trinajstić information content (AvgIpc) is 2.47. The molecule has 0 bridgehead atoms. The van der Waals surface area contributed by atoms with Gasteiger partial charge in [-0.25, -0.2) is 0 Å². The second-order valence-corrected chi connectivity index (χ2v) is 3.86. The van der Waals surface area contributed by atoms with Crippen LogP contribution in [0.3, 0.4) is 0 Å². The highest BCUT2D eigenvalue weighted by atomic mass is 16.5. The molecule has 7 nitrogen and oxygen atoms in total. The molecule has 0 aromatic heterocycles. The van der Waals surface area contributed by atoms with E-state index in [1.54, 1.807) is 18.2 Å². The Morgan fingerprint density at radius 1 is 1.15 bits per heavy atom. The van der Waals surface area contributed by atoms with Crippen molar-refractivity contribution in [3.8, 4) is 11.5 Å². The van der Waals surface area contributed by atoms with Crippen LogP contribution >= 0.6 is 0 Å². The zero-order chi connectivity index (χ0) is 15.0. The minimum Gasteiger partial charge on any atom is -0.493 e. The SMILES string of the molecule is COc1ccc(NC(=O)C(=O)NCCCO)cc1OC. The molecule has 0 aliphatic carbocycles. The second-order valence-electron chi connectivity index (χ2n) is 3.86. The summed E-state index contributed by atoms with van der Waals surface area (Å²) in [6, 6.07) is 4.77. The van der Waals surface area contributed by atoms with Crippen molar-refractivity contribution < 1.29 is 24.2 Å². The van der Waals surface area contributed by atoms with E-state index in [-0.39, 0.29) is 13.2 Å². The number of hydrogen-bond acceptors (Lipinski definition) is 5. The van der Waals surface area contributed by atoms with Gasteiger partial charge in [0.2, 0.25) is 0 Å². The molecule has 0 fully saturated rings. The molecule has 0 atom stereocenters. The van der Waals surface area contributed by atoms with Crippen molar-refractivity contribution in [3.63, 3.8) is 0 Å². The Hall–Kier alpha value is -2.28. The average molecular weight is 282 g/mol. The molecule has 1 aromatic rings. The first-order valence-corrected chi connectivity index (χ1v) is 6.04. The molecule has 0 aliphatic heterocycles. The number of rotatable bonds is 6. The molecule has 3 N–H and O–H groups in total. The van der Waals surface area contributed by atoms with Crippen LogP contribution in [-0.4, -0.2) is 44.3 Å². The Morgan fingerprint density at radius 3 is 2.45 bits per heavy atom. The van der Waals surface area contributed by atoms with Crippen LogP contribution in [-0.2, 0) is 9.59 Å². The van der Waals surface area contributed by atoms with E-state index in [2.05, 4.69) is 10.6 Å². The highest BCUT2D eigenvalue weighted by Gasteiger charge is 2.14. The van der Waals surface area contributed by atoms with Gasteiger partial charge in [0.1, 0.15) is 0 Å². The van der Waals surface area contributed by atoms with E-state index in [9.17, 15) is 9.59 Å². The normalized spacial score (nSPS) is 9.75. The minimum atomic E-state index is -0.782. The molecule has 1 rings (SSSR count). The molecule has 2 amide bonds. The maximum Gasteiger partial charge on any atom is 0.313 e. The number of ether oxygens (including phenoxy) is 2. The molecular formula is C13H18N2O5. The number of methoxy groups -OCH3 is 2. The lowest BCUT2D eigenvalue weighted by atomic mass is 10.2. The summed E-state index contributed by atoms with van der Waals surface area (Å²) >= 11 is 0. The fraction of sp³-hybridized carbons (Fsp3) is 0.385. The summed E-state index contributed by atoms with van der Waals surface area (Å²) in [5.74, 6) is -0.563. The highest BCUT2D eigenvalue weighted by Crippen LogP contribution is 2.29. The fourth-order valence-electron chi connectivity index (χ4n) is 1.46. The van der Waals surface area contributed by atoms with Crippen LogP contribution < -0.4 is 20.1 Å². The van der Waals surface area contributed by atoms with Gasteiger partial charge in [-0.15, -0.1) is 0 Å². The van der Waals surface area contributed by atoms with Gasteiger partial charge in [0, 0.05) is 24.9 Å². The van der Waals surface area contributed by atoms with Crippen molar-refractivity contribution in [2.24, 2.45) is 0 Å². The van der Waals surface area contributed by atoms with Gasteiger partial charge in [0.25, 0.3) is 0 Å². The monoisotopic (exact) mass is 282 g/mol. The van der Waals surface area contributed by atoms with Gasteiger partial charge < -0.3 is 25.2 Å². The Bertz CT molecular complexity index is 476. The molecule has 0 spiro atoms. The second kappa shape index (κ2) is 8.00. The summed E-state index contributed by atoms with van der Waals surface area (Å²) in [5.41, 5.74) is 0.421. The van der Waals surface area contributed by atoms with Crippen LogP contribution in [0.4, 0.5) is 5.69 Å². The predicted octanol–water partition coefficient (Wildman–Crippen LogP) is 0.141. The van der Waals surface area contributed by atoms with Crippen molar-refractivity contribution in [1.29, 1.82) is 0 Å². The Morgan fingerprint density at radius 2 is 1.85 bits per heavy atom. The van der Waals surface area contributed by atoms with E-state index in [0.29, 0.717) is 23.6 Å². The minimum absolute atomic E-state index is 0.0441. The van der Waals surface area contributed by atoms with Crippen LogP contribution in [0.15, 0.2) is 18.2 Å². The van der Waals surface area contributed by atoms with Gasteiger partial charge in [-0.1, -0.05) is 0 Å². The maximum absolute atomic E-state index is 11.6. The van der Waals surface area contributed by atoms with E-state index in [1.807, 2.05) is 0 Å². The lowest BCUT2D eigenvalue weighted by Crippen LogP contribution is -2.36. The maximum atomic E-state index is 11.6. The lowest BCUT2D eigenvalue weighted by Gasteiger charge is -2.10. The molecule has 1 aromatic carbocycles. The van der Waals surface area contributed by atoms with Gasteiger partial charge in [0.05, 0.1) is 14.2 Å². The van der Waals surface area contributed by atoms with E-state index in [1.165, 1.54) is 14.2 Å². The van der Waals surface area contributed by atoms with Crippen molar-refractivity contribution in [2.45, 2.75) is 6.42 Å². The molecule has 0 saturated heterocycles. The largest absolute Gasteiger partial charge is 0.493 e. The van der Waals surface area contributed by atoms with Crippen LogP contribution in [0.25, 0.3) is 0 Å². The first-order valence-electron chi connectivity index (χ1n) is 6.04. The third-order valence-corrected chi connectivity index (χ3v) is 2.47. The molecule has 0 aliphatic rings. The number of nitrogens with one attached hydrogen (secondary N) is 2. The number of aliphatic hydroxyl groups is 1. The summed E-state index contributed by atoms with van der Waals surface area (Å²) < 4.78 is 10.2. The van der Waals surface area contributed by atoms with Gasteiger partial charge in [0.15, 0.2) is 11.5 Å². The lowest BCUT2D eigenvalue weighted by molar-refractivity contribution is -0.136. The first-order chi connectivity index (χ1) is 9.62. The third-order valence-electron chi connectivity index (χ3n) is 2.47. The molecule has 0 radical (unpaired) electrons. The van der Waals surface area contributed by atoms with Crippen molar-refractivity contribution in [3.05, 3.63) is 18.2 Å². The third kappa shape index (κ3) is 4.43. The zero-order valence-electron chi connectivity index (χ0n) is 11.4. The zero-order valence-corrected chi connectivity index (χ0v) is 11.4. The molecular weight excluding hydrogens is 264 g/mol. The number of carbonyl (C=O) groups is 2. The van der Waals surface area contributed by atoms with Crippen LogP contribution in [0, 0.1) is 0 Å². The molecule has 20 heavy (non-hydrogen) atoms. The highest BCUT2D eigenvalue weighted by molar-refractivity contribution is 6.39. The van der Waals surface area contributed by atoms with Crippen molar-refractivity contribution in [2.75, 3.05) is 32.7 Å². The van der Waals surface area contributed by atoms with E-state index < -0.39 is 11.8 Å². The van der Waals surface area contributed by atoms with E-state index >= 15 is 0 Å². The first kappa shape index (κ1) is 15.8. The number of hydrogen-bond donors (Lipinski definition) is 3. The summed E-state index contributed by atoms with van der Waals surface area (Å²) in [6.45, 7) is 0.201. The van der Waals surface area contributed by atoms with Crippen LogP contribution in [0.5, 0.6) is 11.5 Å². The van der Waals surface area contributed by atoms with E-state index in [0.717, 1.165) is 0 Å². The number of carbonyl (C=O) groups excluding carboxylic acids is 2. The standard InChI is InChI=1S/C13H18N2O5/c1-19-10-5-4-9(8-11(10)20-2)15-13(18)12(17)14-6-3-7-16/h4-5,8,16H,3,6-7H2,1-2H3,(H,14,17)(H,15,18). The molecule has 0 unspecified atom stereocenters. The van der Waals surface area contributed by atoms with Crippen LogP contribution in [0.2, 0.25) is 0 Å². The fourth-order valence-corrected chi connectivity index (χ4v) is 1.46. The quantitative estimate of drug-likeness (QED) is 0.509. The van der Waals surface area contributed by atoms with Crippen molar-refractivity contribution >= 4 is 17.5 Å². The Balaban J connectivity index is 2.63. The van der Waals surface area contributed by atoms with Gasteiger partial charge in [-0.2, -0.15) is 0 Å². The predicted molar refractivity (Wildman–Crippen MR) is 72.9 cm³/mol. The summed E-state index contributed by atoms with van der Waals surface area (Å²) in [7, 11) is 2.98. The van der Waals surface area contributed by atoms with Gasteiger partial charge >= 0.3 is 11.8 Å². The molecule has 0 saturated carbocycles. The summed E-state index contributed by atoms with van der Waals surface area (Å²) in [4.78, 5) is 23.0. The summed E-state index contributed by atoms with van der Waals surface area (Å²) in [6.07, 6.45) is 0.398. The smallest absolute Gasteiger partial charge is 0.313 e. The van der Waals surface area contributed by atoms with Gasteiger partial charge in [-0.3, -0.25) is 9.59 Å². The van der Waals surface area contributed by atoms with E-state index in [4.69, 9.17) is 14.6 Å². The molecule has 7 heteroatoms. The number of amides is 2. The van der Waals surface area contributed by atoms with Crippen LogP contribution in [0.1, 0.15) is 6.42 Å². The number of anilines is 1.